The zero-order valence-electron chi connectivity index (χ0n) is 10.1. The first-order valence-corrected chi connectivity index (χ1v) is 5.49. The van der Waals surface area contributed by atoms with Crippen molar-refractivity contribution in [3.05, 3.63) is 47.3 Å². The Kier molecular flexibility index (Phi) is 3.44. The van der Waals surface area contributed by atoms with Gasteiger partial charge in [0.2, 0.25) is 0 Å². The van der Waals surface area contributed by atoms with Gasteiger partial charge in [-0.15, -0.1) is 0 Å². The van der Waals surface area contributed by atoms with Crippen molar-refractivity contribution in [3.63, 3.8) is 0 Å². The van der Waals surface area contributed by atoms with E-state index in [1.165, 1.54) is 0 Å². The molecule has 1 N–H and O–H groups in total. The first kappa shape index (κ1) is 11.7. The van der Waals surface area contributed by atoms with Crippen LogP contribution < -0.4 is 4.74 Å². The maximum Gasteiger partial charge on any atom is 0.122 e. The van der Waals surface area contributed by atoms with E-state index in [0.29, 0.717) is 6.42 Å². The van der Waals surface area contributed by atoms with Gasteiger partial charge in [0.05, 0.1) is 25.1 Å². The number of aliphatic hydroxyl groups excluding tert-OH is 1. The van der Waals surface area contributed by atoms with E-state index in [1.807, 2.05) is 37.4 Å². The van der Waals surface area contributed by atoms with Crippen molar-refractivity contribution < 1.29 is 9.84 Å². The van der Waals surface area contributed by atoms with Crippen LogP contribution in [-0.4, -0.2) is 22.0 Å². The second kappa shape index (κ2) is 5.01. The molecule has 0 spiro atoms. The predicted molar refractivity (Wildman–Crippen MR) is 64.9 cm³/mol. The number of rotatable bonds is 4. The molecule has 1 aromatic heterocycles. The van der Waals surface area contributed by atoms with Gasteiger partial charge >= 0.3 is 0 Å². The van der Waals surface area contributed by atoms with Gasteiger partial charge in [-0.05, 0) is 12.1 Å². The zero-order chi connectivity index (χ0) is 12.3. The molecular formula is C13H16N2O2. The van der Waals surface area contributed by atoms with E-state index in [4.69, 9.17) is 9.84 Å². The standard InChI is InChI=1S/C13H16N2O2/c1-15-12(9-16)8-11(14-15)7-10-5-3-4-6-13(10)17-2/h3-6,8,16H,7,9H2,1-2H3. The van der Waals surface area contributed by atoms with Crippen LogP contribution in [0.5, 0.6) is 5.75 Å². The summed E-state index contributed by atoms with van der Waals surface area (Å²) in [6, 6.07) is 9.79. The van der Waals surface area contributed by atoms with Crippen molar-refractivity contribution in [3.8, 4) is 5.75 Å². The molecule has 1 heterocycles. The van der Waals surface area contributed by atoms with Crippen LogP contribution in [0.3, 0.4) is 0 Å². The predicted octanol–water partition coefficient (Wildman–Crippen LogP) is 1.51. The highest BCUT2D eigenvalue weighted by Gasteiger charge is 2.08. The Hall–Kier alpha value is -1.81. The number of ether oxygens (including phenoxy) is 1. The molecule has 4 nitrogen and oxygen atoms in total. The molecule has 0 aliphatic rings. The van der Waals surface area contributed by atoms with E-state index in [-0.39, 0.29) is 6.61 Å². The largest absolute Gasteiger partial charge is 0.496 e. The number of hydrogen-bond donors (Lipinski definition) is 1. The van der Waals surface area contributed by atoms with Gasteiger partial charge in [0.25, 0.3) is 0 Å². The van der Waals surface area contributed by atoms with Crippen molar-refractivity contribution in [2.45, 2.75) is 13.0 Å². The average Bonchev–Trinajstić information content (AvgIpc) is 2.70. The molecular weight excluding hydrogens is 216 g/mol. The number of methoxy groups -OCH3 is 1. The van der Waals surface area contributed by atoms with Crippen LogP contribution in [0.25, 0.3) is 0 Å². The van der Waals surface area contributed by atoms with Crippen molar-refractivity contribution in [1.29, 1.82) is 0 Å². The van der Waals surface area contributed by atoms with Gasteiger partial charge in [-0.25, -0.2) is 0 Å². The minimum atomic E-state index is 0.00935. The number of para-hydroxylation sites is 1. The fourth-order valence-corrected chi connectivity index (χ4v) is 1.85. The van der Waals surface area contributed by atoms with Gasteiger partial charge in [0.1, 0.15) is 5.75 Å². The Balaban J connectivity index is 2.25. The van der Waals surface area contributed by atoms with Crippen LogP contribution in [0.2, 0.25) is 0 Å². The molecule has 2 aromatic rings. The highest BCUT2D eigenvalue weighted by Crippen LogP contribution is 2.20. The Morgan fingerprint density at radius 1 is 1.35 bits per heavy atom. The topological polar surface area (TPSA) is 47.3 Å². The molecule has 0 fully saturated rings. The monoisotopic (exact) mass is 232 g/mol. The lowest BCUT2D eigenvalue weighted by atomic mass is 10.1. The summed E-state index contributed by atoms with van der Waals surface area (Å²) in [6.07, 6.45) is 0.706. The van der Waals surface area contributed by atoms with E-state index >= 15 is 0 Å². The third-order valence-corrected chi connectivity index (χ3v) is 2.75. The Morgan fingerprint density at radius 2 is 2.12 bits per heavy atom. The first-order chi connectivity index (χ1) is 8.24. The normalized spacial score (nSPS) is 10.5. The maximum absolute atomic E-state index is 9.11. The van der Waals surface area contributed by atoms with Gasteiger partial charge in [-0.2, -0.15) is 5.10 Å². The number of aliphatic hydroxyl groups is 1. The second-order valence-corrected chi connectivity index (χ2v) is 3.90. The molecule has 90 valence electrons. The Morgan fingerprint density at radius 3 is 2.76 bits per heavy atom. The van der Waals surface area contributed by atoms with Gasteiger partial charge in [0, 0.05) is 19.0 Å². The zero-order valence-corrected chi connectivity index (χ0v) is 10.1. The smallest absolute Gasteiger partial charge is 0.122 e. The lowest BCUT2D eigenvalue weighted by Crippen LogP contribution is -1.98. The molecule has 2 rings (SSSR count). The lowest BCUT2D eigenvalue weighted by Gasteiger charge is -2.05. The van der Waals surface area contributed by atoms with Crippen molar-refractivity contribution in [1.82, 2.24) is 9.78 Å². The van der Waals surface area contributed by atoms with E-state index in [0.717, 1.165) is 22.7 Å². The highest BCUT2D eigenvalue weighted by molar-refractivity contribution is 5.36. The summed E-state index contributed by atoms with van der Waals surface area (Å²) in [4.78, 5) is 0. The summed E-state index contributed by atoms with van der Waals surface area (Å²) < 4.78 is 7.00. The summed E-state index contributed by atoms with van der Waals surface area (Å²) in [5.41, 5.74) is 2.84. The summed E-state index contributed by atoms with van der Waals surface area (Å²) >= 11 is 0. The maximum atomic E-state index is 9.11. The fraction of sp³-hybridized carbons (Fsp3) is 0.308. The van der Waals surface area contributed by atoms with Gasteiger partial charge in [0.15, 0.2) is 0 Å². The second-order valence-electron chi connectivity index (χ2n) is 3.90. The molecule has 0 saturated carbocycles. The molecule has 0 aliphatic carbocycles. The first-order valence-electron chi connectivity index (χ1n) is 5.49. The number of nitrogens with zero attached hydrogens (tertiary/aromatic N) is 2. The molecule has 0 amide bonds. The number of aromatic nitrogens is 2. The lowest BCUT2D eigenvalue weighted by molar-refractivity contribution is 0.270. The SMILES string of the molecule is COc1ccccc1Cc1cc(CO)n(C)n1. The van der Waals surface area contributed by atoms with Crippen LogP contribution in [0.15, 0.2) is 30.3 Å². The number of aryl methyl sites for hydroxylation is 1. The molecule has 0 saturated heterocycles. The molecule has 0 aliphatic heterocycles. The molecule has 1 aromatic carbocycles. The van der Waals surface area contributed by atoms with Crippen LogP contribution in [0.1, 0.15) is 17.0 Å². The summed E-state index contributed by atoms with van der Waals surface area (Å²) in [7, 11) is 3.49. The van der Waals surface area contributed by atoms with E-state index < -0.39 is 0 Å². The number of benzene rings is 1. The van der Waals surface area contributed by atoms with E-state index in [9.17, 15) is 0 Å². The minimum absolute atomic E-state index is 0.00935. The number of hydrogen-bond acceptors (Lipinski definition) is 3. The third-order valence-electron chi connectivity index (χ3n) is 2.75. The summed E-state index contributed by atoms with van der Waals surface area (Å²) in [6.45, 7) is 0.00935. The molecule has 17 heavy (non-hydrogen) atoms. The van der Waals surface area contributed by atoms with Crippen molar-refractivity contribution in [2.75, 3.05) is 7.11 Å². The highest BCUT2D eigenvalue weighted by atomic mass is 16.5. The van der Waals surface area contributed by atoms with E-state index in [2.05, 4.69) is 5.10 Å². The minimum Gasteiger partial charge on any atom is -0.496 e. The average molecular weight is 232 g/mol. The summed E-state index contributed by atoms with van der Waals surface area (Å²) in [5, 5.41) is 13.5. The van der Waals surface area contributed by atoms with Crippen LogP contribution in [0, 0.1) is 0 Å². The van der Waals surface area contributed by atoms with Crippen molar-refractivity contribution >= 4 is 0 Å². The molecule has 0 radical (unpaired) electrons. The van der Waals surface area contributed by atoms with E-state index in [1.54, 1.807) is 11.8 Å². The molecule has 0 bridgehead atoms. The quantitative estimate of drug-likeness (QED) is 0.869. The van der Waals surface area contributed by atoms with Crippen LogP contribution in [0.4, 0.5) is 0 Å². The summed E-state index contributed by atoms with van der Waals surface area (Å²) in [5.74, 6) is 0.865. The Labute approximate surface area is 100 Å². The van der Waals surface area contributed by atoms with Crippen LogP contribution >= 0.6 is 0 Å². The molecule has 0 atom stereocenters. The van der Waals surface area contributed by atoms with Gasteiger partial charge in [-0.1, -0.05) is 18.2 Å². The van der Waals surface area contributed by atoms with Crippen molar-refractivity contribution in [2.24, 2.45) is 7.05 Å². The fourth-order valence-electron chi connectivity index (χ4n) is 1.85. The van der Waals surface area contributed by atoms with Gasteiger partial charge in [-0.3, -0.25) is 4.68 Å². The Bertz CT molecular complexity index is 506. The molecule has 0 unspecified atom stereocenters. The molecule has 4 heteroatoms. The third kappa shape index (κ3) is 2.47. The van der Waals surface area contributed by atoms with Crippen LogP contribution in [-0.2, 0) is 20.1 Å². The van der Waals surface area contributed by atoms with Gasteiger partial charge < -0.3 is 9.84 Å².